The predicted molar refractivity (Wildman–Crippen MR) is 73.8 cm³/mol. The van der Waals surface area contributed by atoms with Gasteiger partial charge in [0.15, 0.2) is 11.2 Å². The zero-order chi connectivity index (χ0) is 13.9. The highest BCUT2D eigenvalue weighted by molar-refractivity contribution is 5.83. The first-order chi connectivity index (χ1) is 9.74. The van der Waals surface area contributed by atoms with Gasteiger partial charge in [-0.1, -0.05) is 12.1 Å². The van der Waals surface area contributed by atoms with Crippen molar-refractivity contribution in [2.24, 2.45) is 5.10 Å². The Hall–Kier alpha value is -3.16. The average Bonchev–Trinajstić information content (AvgIpc) is 2.85. The maximum absolute atomic E-state index is 11.5. The highest BCUT2D eigenvalue weighted by atomic mass is 16.3. The second-order valence-corrected chi connectivity index (χ2v) is 3.94. The van der Waals surface area contributed by atoms with Crippen molar-refractivity contribution in [2.75, 3.05) is 5.43 Å². The minimum atomic E-state index is -0.305. The van der Waals surface area contributed by atoms with Crippen LogP contribution in [0.5, 0.6) is 5.75 Å². The molecule has 100 valence electrons. The van der Waals surface area contributed by atoms with Gasteiger partial charge in [-0.3, -0.25) is 4.79 Å². The Balaban J connectivity index is 1.82. The lowest BCUT2D eigenvalue weighted by molar-refractivity contribution is 0.474. The monoisotopic (exact) mass is 270 g/mol. The van der Waals surface area contributed by atoms with Crippen LogP contribution in [0.4, 0.5) is 5.95 Å². The van der Waals surface area contributed by atoms with Crippen molar-refractivity contribution in [3.63, 3.8) is 0 Å². The zero-order valence-corrected chi connectivity index (χ0v) is 10.2. The Morgan fingerprint density at radius 2 is 2.20 bits per heavy atom. The van der Waals surface area contributed by atoms with Crippen molar-refractivity contribution in [1.29, 1.82) is 0 Å². The number of fused-ring (bicyclic) bond motifs is 1. The van der Waals surface area contributed by atoms with Crippen LogP contribution in [0.3, 0.4) is 0 Å². The van der Waals surface area contributed by atoms with Crippen molar-refractivity contribution in [3.05, 3.63) is 46.5 Å². The lowest BCUT2D eigenvalue weighted by atomic mass is 10.2. The number of anilines is 1. The van der Waals surface area contributed by atoms with Crippen LogP contribution in [0.25, 0.3) is 11.2 Å². The average molecular weight is 270 g/mol. The maximum Gasteiger partial charge on any atom is 0.276 e. The van der Waals surface area contributed by atoms with Crippen LogP contribution in [0.15, 0.2) is 40.5 Å². The summed E-state index contributed by atoms with van der Waals surface area (Å²) in [4.78, 5) is 24.6. The van der Waals surface area contributed by atoms with Crippen LogP contribution in [0.1, 0.15) is 5.56 Å². The molecule has 0 saturated carbocycles. The summed E-state index contributed by atoms with van der Waals surface area (Å²) in [6.45, 7) is 0. The number of hydrogen-bond donors (Lipinski definition) is 4. The summed E-state index contributed by atoms with van der Waals surface area (Å²) < 4.78 is 0. The fourth-order valence-electron chi connectivity index (χ4n) is 1.65. The Morgan fingerprint density at radius 3 is 3.00 bits per heavy atom. The number of benzene rings is 1. The largest absolute Gasteiger partial charge is 0.507 e. The molecule has 1 aromatic carbocycles. The maximum atomic E-state index is 11.5. The van der Waals surface area contributed by atoms with E-state index in [1.807, 2.05) is 0 Å². The lowest BCUT2D eigenvalue weighted by Crippen LogP contribution is -2.05. The summed E-state index contributed by atoms with van der Waals surface area (Å²) in [5, 5.41) is 13.5. The van der Waals surface area contributed by atoms with Gasteiger partial charge in [0.25, 0.3) is 5.56 Å². The van der Waals surface area contributed by atoms with E-state index in [4.69, 9.17) is 0 Å². The van der Waals surface area contributed by atoms with Crippen LogP contribution in [-0.4, -0.2) is 31.3 Å². The second kappa shape index (κ2) is 4.84. The Labute approximate surface area is 112 Å². The fraction of sp³-hybridized carbons (Fsp3) is 0. The third-order valence-electron chi connectivity index (χ3n) is 2.61. The van der Waals surface area contributed by atoms with Crippen LogP contribution in [-0.2, 0) is 0 Å². The smallest absolute Gasteiger partial charge is 0.276 e. The molecule has 8 heteroatoms. The van der Waals surface area contributed by atoms with E-state index in [1.54, 1.807) is 24.3 Å². The number of phenolic OH excluding ortho intramolecular Hbond substituents is 1. The first-order valence-electron chi connectivity index (χ1n) is 5.74. The third-order valence-corrected chi connectivity index (χ3v) is 2.61. The number of rotatable bonds is 3. The fourth-order valence-corrected chi connectivity index (χ4v) is 1.65. The van der Waals surface area contributed by atoms with E-state index in [1.165, 1.54) is 12.5 Å². The van der Waals surface area contributed by atoms with Crippen LogP contribution >= 0.6 is 0 Å². The number of aromatic amines is 2. The number of aromatic nitrogens is 4. The molecule has 20 heavy (non-hydrogen) atoms. The SMILES string of the molecule is O=c1[nH]cnc2nc(NN=Cc3ccccc3O)[nH]c12. The number of imidazole rings is 1. The number of nitrogens with zero attached hydrogens (tertiary/aromatic N) is 3. The van der Waals surface area contributed by atoms with E-state index in [2.05, 4.69) is 30.5 Å². The molecule has 0 saturated heterocycles. The summed E-state index contributed by atoms with van der Waals surface area (Å²) in [7, 11) is 0. The molecule has 2 heterocycles. The quantitative estimate of drug-likeness (QED) is 0.414. The molecule has 0 fully saturated rings. The molecule has 3 rings (SSSR count). The molecule has 0 spiro atoms. The molecular formula is C12H10N6O2. The van der Waals surface area contributed by atoms with Crippen molar-refractivity contribution in [3.8, 4) is 5.75 Å². The van der Waals surface area contributed by atoms with Crippen molar-refractivity contribution in [2.45, 2.75) is 0 Å². The summed E-state index contributed by atoms with van der Waals surface area (Å²) in [6, 6.07) is 6.78. The van der Waals surface area contributed by atoms with E-state index in [0.717, 1.165) is 0 Å². The van der Waals surface area contributed by atoms with Crippen molar-refractivity contribution < 1.29 is 5.11 Å². The number of hydrogen-bond acceptors (Lipinski definition) is 6. The lowest BCUT2D eigenvalue weighted by Gasteiger charge is -1.97. The molecule has 0 atom stereocenters. The zero-order valence-electron chi connectivity index (χ0n) is 10.2. The van der Waals surface area contributed by atoms with E-state index < -0.39 is 0 Å². The van der Waals surface area contributed by atoms with Gasteiger partial charge in [-0.15, -0.1) is 0 Å². The predicted octanol–water partition coefficient (Wildman–Crippen LogP) is 0.798. The van der Waals surface area contributed by atoms with Gasteiger partial charge in [-0.25, -0.2) is 10.4 Å². The molecule has 0 radical (unpaired) electrons. The number of aromatic hydroxyl groups is 1. The molecule has 3 aromatic rings. The van der Waals surface area contributed by atoms with E-state index >= 15 is 0 Å². The van der Waals surface area contributed by atoms with Crippen LogP contribution in [0.2, 0.25) is 0 Å². The molecule has 8 nitrogen and oxygen atoms in total. The third kappa shape index (κ3) is 2.21. The molecule has 4 N–H and O–H groups in total. The Morgan fingerprint density at radius 1 is 1.35 bits per heavy atom. The first kappa shape index (κ1) is 11.9. The summed E-state index contributed by atoms with van der Waals surface area (Å²) in [5.74, 6) is 0.414. The molecule has 0 aliphatic heterocycles. The van der Waals surface area contributed by atoms with Gasteiger partial charge in [0.1, 0.15) is 5.75 Å². The van der Waals surface area contributed by atoms with Gasteiger partial charge in [0.05, 0.1) is 12.5 Å². The molecule has 0 bridgehead atoms. The summed E-state index contributed by atoms with van der Waals surface area (Å²) in [6.07, 6.45) is 2.72. The van der Waals surface area contributed by atoms with Crippen LogP contribution in [0, 0.1) is 0 Å². The Kier molecular flexibility index (Phi) is 2.88. The molecule has 2 aromatic heterocycles. The van der Waals surface area contributed by atoms with Gasteiger partial charge < -0.3 is 15.1 Å². The number of hydrazone groups is 1. The molecule has 0 aliphatic carbocycles. The number of phenols is 1. The highest BCUT2D eigenvalue weighted by Gasteiger charge is 2.05. The minimum Gasteiger partial charge on any atom is -0.507 e. The molecule has 0 unspecified atom stereocenters. The summed E-state index contributed by atoms with van der Waals surface area (Å²) >= 11 is 0. The highest BCUT2D eigenvalue weighted by Crippen LogP contribution is 2.13. The molecule has 0 amide bonds. The first-order valence-corrected chi connectivity index (χ1v) is 5.74. The van der Waals surface area contributed by atoms with Crippen molar-refractivity contribution in [1.82, 2.24) is 19.9 Å². The number of H-pyrrole nitrogens is 2. The minimum absolute atomic E-state index is 0.126. The topological polar surface area (TPSA) is 119 Å². The van der Waals surface area contributed by atoms with E-state index in [9.17, 15) is 9.90 Å². The van der Waals surface area contributed by atoms with Gasteiger partial charge >= 0.3 is 0 Å². The van der Waals surface area contributed by atoms with E-state index in [-0.39, 0.29) is 22.8 Å². The van der Waals surface area contributed by atoms with Gasteiger partial charge in [0.2, 0.25) is 5.95 Å². The second-order valence-electron chi connectivity index (χ2n) is 3.94. The summed E-state index contributed by atoms with van der Waals surface area (Å²) in [5.41, 5.74) is 3.46. The standard InChI is InChI=1S/C12H10N6O2/c19-8-4-2-1-3-7(8)5-15-18-12-16-9-10(17-12)13-6-14-11(9)20/h1-6,19H,(H3,13,14,16,17,18,20). The van der Waals surface area contributed by atoms with Crippen LogP contribution < -0.4 is 11.0 Å². The number of nitrogens with one attached hydrogen (secondary N) is 3. The Bertz CT molecular complexity index is 835. The molecule has 0 aliphatic rings. The normalized spacial score (nSPS) is 11.2. The van der Waals surface area contributed by atoms with Gasteiger partial charge in [0, 0.05) is 5.56 Å². The van der Waals surface area contributed by atoms with E-state index in [0.29, 0.717) is 11.2 Å². The molecular weight excluding hydrogens is 260 g/mol. The van der Waals surface area contributed by atoms with Gasteiger partial charge in [-0.05, 0) is 12.1 Å². The van der Waals surface area contributed by atoms with Gasteiger partial charge in [-0.2, -0.15) is 10.1 Å². The number of para-hydroxylation sites is 1. The van der Waals surface area contributed by atoms with Crippen molar-refractivity contribution >= 4 is 23.3 Å².